The average molecular weight is 384 g/mol. The minimum absolute atomic E-state index is 0.0573. The van der Waals surface area contributed by atoms with E-state index in [1.807, 2.05) is 42.5 Å². The first-order chi connectivity index (χ1) is 14.1. The van der Waals surface area contributed by atoms with E-state index in [0.29, 0.717) is 16.9 Å². The number of amides is 2. The number of hydrogen-bond donors (Lipinski definition) is 2. The van der Waals surface area contributed by atoms with E-state index >= 15 is 0 Å². The molecule has 2 amide bonds. The number of carbonyl (C=O) groups excluding carboxylic acids is 2. The van der Waals surface area contributed by atoms with Crippen LogP contribution in [0.2, 0.25) is 0 Å². The molecular weight excluding hydrogens is 367 g/mol. The quantitative estimate of drug-likeness (QED) is 0.489. The van der Waals surface area contributed by atoms with Gasteiger partial charge in [-0.15, -0.1) is 0 Å². The Morgan fingerprint density at radius 2 is 1.41 bits per heavy atom. The molecule has 0 unspecified atom stereocenters. The zero-order chi connectivity index (χ0) is 20.2. The van der Waals surface area contributed by atoms with Crippen molar-refractivity contribution in [3.63, 3.8) is 0 Å². The van der Waals surface area contributed by atoms with E-state index in [9.17, 15) is 14.0 Å². The summed E-state index contributed by atoms with van der Waals surface area (Å²) < 4.78 is 13.8. The normalized spacial score (nSPS) is 10.5. The summed E-state index contributed by atoms with van der Waals surface area (Å²) in [7, 11) is 0. The summed E-state index contributed by atoms with van der Waals surface area (Å²) in [5, 5.41) is 7.50. The molecule has 0 atom stereocenters. The van der Waals surface area contributed by atoms with Gasteiger partial charge in [-0.25, -0.2) is 4.39 Å². The predicted octanol–water partition coefficient (Wildman–Crippen LogP) is 5.48. The molecule has 4 nitrogen and oxygen atoms in total. The molecule has 4 aromatic carbocycles. The molecular formula is C24H17FN2O2. The molecule has 0 aliphatic rings. The molecule has 142 valence electrons. The molecule has 0 saturated heterocycles. The molecule has 0 heterocycles. The van der Waals surface area contributed by atoms with Crippen LogP contribution in [0.3, 0.4) is 0 Å². The Hall–Kier alpha value is -3.99. The van der Waals surface area contributed by atoms with Gasteiger partial charge in [-0.3, -0.25) is 9.59 Å². The molecule has 0 aromatic heterocycles. The summed E-state index contributed by atoms with van der Waals surface area (Å²) in [6.07, 6.45) is 0. The Kier molecular flexibility index (Phi) is 5.03. The van der Waals surface area contributed by atoms with Crippen molar-refractivity contribution < 1.29 is 14.0 Å². The van der Waals surface area contributed by atoms with Crippen LogP contribution in [0.25, 0.3) is 10.8 Å². The number of anilines is 2. The molecule has 4 rings (SSSR count). The van der Waals surface area contributed by atoms with Crippen LogP contribution in [-0.4, -0.2) is 11.8 Å². The van der Waals surface area contributed by atoms with E-state index in [4.69, 9.17) is 0 Å². The first-order valence-corrected chi connectivity index (χ1v) is 9.07. The van der Waals surface area contributed by atoms with Crippen molar-refractivity contribution in [3.05, 3.63) is 108 Å². The molecule has 0 aliphatic carbocycles. The van der Waals surface area contributed by atoms with Gasteiger partial charge in [-0.05, 0) is 41.8 Å². The van der Waals surface area contributed by atoms with Crippen molar-refractivity contribution in [3.8, 4) is 0 Å². The van der Waals surface area contributed by atoms with Gasteiger partial charge in [0.2, 0.25) is 0 Å². The van der Waals surface area contributed by atoms with E-state index in [-0.39, 0.29) is 11.5 Å². The van der Waals surface area contributed by atoms with Gasteiger partial charge in [0, 0.05) is 22.3 Å². The second-order valence-electron chi connectivity index (χ2n) is 6.50. The van der Waals surface area contributed by atoms with Crippen molar-refractivity contribution in [1.82, 2.24) is 0 Å². The molecule has 29 heavy (non-hydrogen) atoms. The standard InChI is InChI=1S/C24H17FN2O2/c25-21-13-4-3-12-20(21)24(29)26-18-10-5-9-17(15-18)23(28)27-22-14-6-8-16-7-1-2-11-19(16)22/h1-15H,(H,26,29)(H,27,28). The second kappa shape index (κ2) is 7.94. The van der Waals surface area contributed by atoms with Crippen molar-refractivity contribution in [1.29, 1.82) is 0 Å². The Balaban J connectivity index is 1.54. The largest absolute Gasteiger partial charge is 0.322 e. The molecule has 0 spiro atoms. The first-order valence-electron chi connectivity index (χ1n) is 9.07. The number of fused-ring (bicyclic) bond motifs is 1. The maximum atomic E-state index is 13.8. The van der Waals surface area contributed by atoms with Crippen LogP contribution in [0.5, 0.6) is 0 Å². The predicted molar refractivity (Wildman–Crippen MR) is 113 cm³/mol. The Labute approximate surface area is 167 Å². The molecule has 5 heteroatoms. The maximum Gasteiger partial charge on any atom is 0.258 e. The SMILES string of the molecule is O=C(Nc1cccc2ccccc12)c1cccc(NC(=O)c2ccccc2F)c1. The monoisotopic (exact) mass is 384 g/mol. The molecule has 2 N–H and O–H groups in total. The third-order valence-electron chi connectivity index (χ3n) is 4.54. The Morgan fingerprint density at radius 3 is 2.28 bits per heavy atom. The second-order valence-corrected chi connectivity index (χ2v) is 6.50. The summed E-state index contributed by atoms with van der Waals surface area (Å²) >= 11 is 0. The van der Waals surface area contributed by atoms with Crippen LogP contribution in [0.15, 0.2) is 91.0 Å². The van der Waals surface area contributed by atoms with Crippen molar-refractivity contribution >= 4 is 34.0 Å². The zero-order valence-corrected chi connectivity index (χ0v) is 15.4. The highest BCUT2D eigenvalue weighted by molar-refractivity contribution is 6.10. The molecule has 0 radical (unpaired) electrons. The van der Waals surface area contributed by atoms with Crippen LogP contribution >= 0.6 is 0 Å². The van der Waals surface area contributed by atoms with Crippen LogP contribution in [0.1, 0.15) is 20.7 Å². The smallest absolute Gasteiger partial charge is 0.258 e. The number of carbonyl (C=O) groups is 2. The lowest BCUT2D eigenvalue weighted by molar-refractivity contribution is 0.101. The number of hydrogen-bond acceptors (Lipinski definition) is 2. The lowest BCUT2D eigenvalue weighted by atomic mass is 10.1. The van der Waals surface area contributed by atoms with Gasteiger partial charge < -0.3 is 10.6 Å². The number of nitrogens with one attached hydrogen (secondary N) is 2. The number of rotatable bonds is 4. The van der Waals surface area contributed by atoms with Gasteiger partial charge in [-0.1, -0.05) is 54.6 Å². The lowest BCUT2D eigenvalue weighted by Gasteiger charge is -2.10. The summed E-state index contributed by atoms with van der Waals surface area (Å²) in [6, 6.07) is 25.7. The van der Waals surface area contributed by atoms with Crippen LogP contribution in [0.4, 0.5) is 15.8 Å². The van der Waals surface area contributed by atoms with E-state index in [0.717, 1.165) is 10.8 Å². The van der Waals surface area contributed by atoms with E-state index in [2.05, 4.69) is 10.6 Å². The van der Waals surface area contributed by atoms with Crippen LogP contribution in [-0.2, 0) is 0 Å². The zero-order valence-electron chi connectivity index (χ0n) is 15.4. The highest BCUT2D eigenvalue weighted by Gasteiger charge is 2.13. The first kappa shape index (κ1) is 18.4. The third-order valence-corrected chi connectivity index (χ3v) is 4.54. The summed E-state index contributed by atoms with van der Waals surface area (Å²) in [4.78, 5) is 25.0. The van der Waals surface area contributed by atoms with Crippen LogP contribution < -0.4 is 10.6 Å². The van der Waals surface area contributed by atoms with Gasteiger partial charge >= 0.3 is 0 Å². The van der Waals surface area contributed by atoms with E-state index < -0.39 is 11.7 Å². The Morgan fingerprint density at radius 1 is 0.690 bits per heavy atom. The van der Waals surface area contributed by atoms with Gasteiger partial charge in [0.15, 0.2) is 0 Å². The van der Waals surface area contributed by atoms with Gasteiger partial charge in [0.05, 0.1) is 5.56 Å². The Bertz CT molecular complexity index is 1210. The molecule has 4 aromatic rings. The summed E-state index contributed by atoms with van der Waals surface area (Å²) in [5.74, 6) is -1.48. The fraction of sp³-hybridized carbons (Fsp3) is 0. The average Bonchev–Trinajstić information content (AvgIpc) is 2.74. The van der Waals surface area contributed by atoms with Crippen LogP contribution in [0, 0.1) is 5.82 Å². The van der Waals surface area contributed by atoms with Crippen molar-refractivity contribution in [2.24, 2.45) is 0 Å². The minimum atomic E-state index is -0.602. The fourth-order valence-electron chi connectivity index (χ4n) is 3.11. The molecule has 0 fully saturated rings. The van der Waals surface area contributed by atoms with Gasteiger partial charge in [0.1, 0.15) is 5.82 Å². The fourth-order valence-corrected chi connectivity index (χ4v) is 3.11. The molecule has 0 aliphatic heterocycles. The molecule has 0 saturated carbocycles. The highest BCUT2D eigenvalue weighted by Crippen LogP contribution is 2.24. The highest BCUT2D eigenvalue weighted by atomic mass is 19.1. The molecule has 0 bridgehead atoms. The maximum absolute atomic E-state index is 13.8. The topological polar surface area (TPSA) is 58.2 Å². The van der Waals surface area contributed by atoms with E-state index in [1.54, 1.807) is 30.3 Å². The minimum Gasteiger partial charge on any atom is -0.322 e. The summed E-state index contributed by atoms with van der Waals surface area (Å²) in [5.41, 5.74) is 1.43. The third kappa shape index (κ3) is 3.99. The lowest BCUT2D eigenvalue weighted by Crippen LogP contribution is -2.15. The van der Waals surface area contributed by atoms with E-state index in [1.165, 1.54) is 18.2 Å². The summed E-state index contributed by atoms with van der Waals surface area (Å²) in [6.45, 7) is 0. The number of benzene rings is 4. The van der Waals surface area contributed by atoms with Gasteiger partial charge in [0.25, 0.3) is 11.8 Å². The van der Waals surface area contributed by atoms with Crippen molar-refractivity contribution in [2.75, 3.05) is 10.6 Å². The van der Waals surface area contributed by atoms with Gasteiger partial charge in [-0.2, -0.15) is 0 Å². The number of halogens is 1. The van der Waals surface area contributed by atoms with Crippen molar-refractivity contribution in [2.45, 2.75) is 0 Å².